The van der Waals surface area contributed by atoms with Crippen LogP contribution in [0.25, 0.3) is 11.4 Å². The zero-order valence-electron chi connectivity index (χ0n) is 12.4. The van der Waals surface area contributed by atoms with Gasteiger partial charge in [0.05, 0.1) is 13.2 Å². The van der Waals surface area contributed by atoms with E-state index in [1.54, 1.807) is 0 Å². The molecule has 0 spiro atoms. The highest BCUT2D eigenvalue weighted by Crippen LogP contribution is 2.20. The fourth-order valence-electron chi connectivity index (χ4n) is 1.81. The first-order chi connectivity index (χ1) is 10.2. The maximum atomic E-state index is 5.58. The van der Waals surface area contributed by atoms with E-state index in [1.165, 1.54) is 0 Å². The maximum Gasteiger partial charge on any atom is 0.255 e. The zero-order chi connectivity index (χ0) is 15.1. The third-order valence-corrected chi connectivity index (χ3v) is 3.04. The van der Waals surface area contributed by atoms with Crippen molar-refractivity contribution in [2.75, 3.05) is 19.8 Å². The summed E-state index contributed by atoms with van der Waals surface area (Å²) in [4.78, 5) is 4.36. The Kier molecular flexibility index (Phi) is 5.86. The van der Waals surface area contributed by atoms with Gasteiger partial charge in [0.15, 0.2) is 0 Å². The number of aromatic nitrogens is 2. The average Bonchev–Trinajstić information content (AvgIpc) is 3.01. The predicted octanol–water partition coefficient (Wildman–Crippen LogP) is 2.31. The molecule has 6 nitrogen and oxygen atoms in total. The van der Waals surface area contributed by atoms with Crippen LogP contribution in [0, 0.1) is 0 Å². The molecule has 114 valence electrons. The van der Waals surface area contributed by atoms with Crippen molar-refractivity contribution >= 4 is 0 Å². The Bertz CT molecular complexity index is 539. The van der Waals surface area contributed by atoms with E-state index >= 15 is 0 Å². The van der Waals surface area contributed by atoms with Crippen molar-refractivity contribution in [2.24, 2.45) is 5.73 Å². The highest BCUT2D eigenvalue weighted by Gasteiger charge is 2.15. The molecule has 0 amide bonds. The fraction of sp³-hybridized carbons (Fsp3) is 0.467. The summed E-state index contributed by atoms with van der Waals surface area (Å²) in [5.41, 5.74) is 7.53. The zero-order valence-corrected chi connectivity index (χ0v) is 12.4. The summed E-state index contributed by atoms with van der Waals surface area (Å²) in [7, 11) is 0. The molecule has 21 heavy (non-hydrogen) atoms. The van der Waals surface area contributed by atoms with Crippen molar-refractivity contribution in [3.05, 3.63) is 35.7 Å². The van der Waals surface area contributed by atoms with Gasteiger partial charge in [-0.1, -0.05) is 29.4 Å². The molecule has 0 fully saturated rings. The van der Waals surface area contributed by atoms with Crippen molar-refractivity contribution in [3.63, 3.8) is 0 Å². The summed E-state index contributed by atoms with van der Waals surface area (Å²) in [5, 5.41) is 3.98. The summed E-state index contributed by atoms with van der Waals surface area (Å²) in [6, 6.07) is 7.76. The summed E-state index contributed by atoms with van der Waals surface area (Å²) >= 11 is 0. The predicted molar refractivity (Wildman–Crippen MR) is 78.5 cm³/mol. The molecule has 1 heterocycles. The van der Waals surface area contributed by atoms with E-state index in [1.807, 2.05) is 38.1 Å². The number of hydrogen-bond acceptors (Lipinski definition) is 6. The third kappa shape index (κ3) is 4.35. The Balaban J connectivity index is 1.96. The second-order valence-electron chi connectivity index (χ2n) is 4.57. The number of nitrogens with zero attached hydrogens (tertiary/aromatic N) is 2. The van der Waals surface area contributed by atoms with Gasteiger partial charge >= 0.3 is 0 Å². The van der Waals surface area contributed by atoms with Gasteiger partial charge in [0.1, 0.15) is 6.10 Å². The van der Waals surface area contributed by atoms with Gasteiger partial charge in [0.25, 0.3) is 5.89 Å². The molecule has 0 radical (unpaired) electrons. The number of hydrogen-bond donors (Lipinski definition) is 1. The Morgan fingerprint density at radius 1 is 1.24 bits per heavy atom. The quantitative estimate of drug-likeness (QED) is 0.751. The first-order valence-electron chi connectivity index (χ1n) is 7.07. The Labute approximate surface area is 124 Å². The molecule has 0 aliphatic rings. The SMILES string of the molecule is CCOCCOC(C)c1nc(-c2ccc(CN)cc2)no1. The van der Waals surface area contributed by atoms with Gasteiger partial charge in [-0.15, -0.1) is 0 Å². The summed E-state index contributed by atoms with van der Waals surface area (Å²) in [5.74, 6) is 1.01. The van der Waals surface area contributed by atoms with E-state index in [9.17, 15) is 0 Å². The van der Waals surface area contributed by atoms with E-state index in [4.69, 9.17) is 19.7 Å². The van der Waals surface area contributed by atoms with Crippen molar-refractivity contribution in [2.45, 2.75) is 26.5 Å². The van der Waals surface area contributed by atoms with Gasteiger partial charge in [-0.2, -0.15) is 4.98 Å². The van der Waals surface area contributed by atoms with Crippen LogP contribution in [0.4, 0.5) is 0 Å². The largest absolute Gasteiger partial charge is 0.379 e. The molecule has 2 N–H and O–H groups in total. The molecule has 1 aromatic carbocycles. The molecule has 2 rings (SSSR count). The van der Waals surface area contributed by atoms with Gasteiger partial charge < -0.3 is 19.7 Å². The Morgan fingerprint density at radius 2 is 2.00 bits per heavy atom. The minimum atomic E-state index is -0.255. The summed E-state index contributed by atoms with van der Waals surface area (Å²) in [6.45, 7) is 6.08. The highest BCUT2D eigenvalue weighted by atomic mass is 16.5. The van der Waals surface area contributed by atoms with Gasteiger partial charge in [-0.05, 0) is 19.4 Å². The van der Waals surface area contributed by atoms with E-state index in [-0.39, 0.29) is 6.10 Å². The first-order valence-corrected chi connectivity index (χ1v) is 7.07. The van der Waals surface area contributed by atoms with Crippen molar-refractivity contribution in [1.29, 1.82) is 0 Å². The minimum Gasteiger partial charge on any atom is -0.379 e. The van der Waals surface area contributed by atoms with Gasteiger partial charge in [0.2, 0.25) is 5.82 Å². The van der Waals surface area contributed by atoms with Crippen LogP contribution in [-0.4, -0.2) is 30.0 Å². The molecule has 0 bridgehead atoms. The van der Waals surface area contributed by atoms with E-state index in [0.717, 1.165) is 11.1 Å². The standard InChI is InChI=1S/C15H21N3O3/c1-3-19-8-9-20-11(2)15-17-14(18-21-15)13-6-4-12(10-16)5-7-13/h4-7,11H,3,8-10,16H2,1-2H3. The molecule has 1 aromatic heterocycles. The molecular formula is C15H21N3O3. The number of benzene rings is 1. The van der Waals surface area contributed by atoms with Gasteiger partial charge in [-0.25, -0.2) is 0 Å². The smallest absolute Gasteiger partial charge is 0.255 e. The lowest BCUT2D eigenvalue weighted by Gasteiger charge is -2.08. The second-order valence-corrected chi connectivity index (χ2v) is 4.57. The van der Waals surface area contributed by atoms with E-state index in [0.29, 0.717) is 38.1 Å². The number of nitrogens with two attached hydrogens (primary N) is 1. The Hall–Kier alpha value is -1.76. The normalized spacial score (nSPS) is 12.5. The lowest BCUT2D eigenvalue weighted by Crippen LogP contribution is -2.07. The van der Waals surface area contributed by atoms with E-state index in [2.05, 4.69) is 10.1 Å². The average molecular weight is 291 g/mol. The Morgan fingerprint density at radius 3 is 2.67 bits per heavy atom. The van der Waals surface area contributed by atoms with Crippen molar-refractivity contribution < 1.29 is 14.0 Å². The lowest BCUT2D eigenvalue weighted by atomic mass is 10.1. The number of rotatable bonds is 8. The monoisotopic (exact) mass is 291 g/mol. The molecule has 0 aliphatic carbocycles. The maximum absolute atomic E-state index is 5.58. The van der Waals surface area contributed by atoms with Crippen LogP contribution in [0.15, 0.2) is 28.8 Å². The first kappa shape index (κ1) is 15.6. The second kappa shape index (κ2) is 7.87. The molecule has 2 aromatic rings. The van der Waals surface area contributed by atoms with Crippen molar-refractivity contribution in [1.82, 2.24) is 10.1 Å². The lowest BCUT2D eigenvalue weighted by molar-refractivity contribution is 0.00144. The molecule has 1 unspecified atom stereocenters. The highest BCUT2D eigenvalue weighted by molar-refractivity contribution is 5.54. The fourth-order valence-corrected chi connectivity index (χ4v) is 1.81. The van der Waals surface area contributed by atoms with Crippen LogP contribution >= 0.6 is 0 Å². The van der Waals surface area contributed by atoms with Crippen LogP contribution in [0.3, 0.4) is 0 Å². The molecule has 1 atom stereocenters. The topological polar surface area (TPSA) is 83.4 Å². The summed E-state index contributed by atoms with van der Waals surface area (Å²) in [6.07, 6.45) is -0.255. The van der Waals surface area contributed by atoms with Crippen molar-refractivity contribution in [3.8, 4) is 11.4 Å². The van der Waals surface area contributed by atoms with Crippen LogP contribution < -0.4 is 5.73 Å². The van der Waals surface area contributed by atoms with E-state index < -0.39 is 0 Å². The van der Waals surface area contributed by atoms with Crippen LogP contribution in [-0.2, 0) is 16.0 Å². The summed E-state index contributed by atoms with van der Waals surface area (Å²) < 4.78 is 16.0. The van der Waals surface area contributed by atoms with Crippen LogP contribution in [0.1, 0.15) is 31.4 Å². The molecule has 0 aliphatic heterocycles. The van der Waals surface area contributed by atoms with Gasteiger partial charge in [0, 0.05) is 18.7 Å². The van der Waals surface area contributed by atoms with Crippen LogP contribution in [0.5, 0.6) is 0 Å². The molecule has 0 saturated carbocycles. The number of ether oxygens (including phenoxy) is 2. The molecule has 0 saturated heterocycles. The molecular weight excluding hydrogens is 270 g/mol. The molecule has 6 heteroatoms. The third-order valence-electron chi connectivity index (χ3n) is 3.04. The minimum absolute atomic E-state index is 0.255. The van der Waals surface area contributed by atoms with Crippen LogP contribution in [0.2, 0.25) is 0 Å². The van der Waals surface area contributed by atoms with Gasteiger partial charge in [-0.3, -0.25) is 0 Å².